The number of rotatable bonds is 9. The zero-order valence-corrected chi connectivity index (χ0v) is 43.3. The Balaban J connectivity index is 0.000000174. The highest BCUT2D eigenvalue weighted by Crippen LogP contribution is 2.49. The van der Waals surface area contributed by atoms with Crippen LogP contribution in [0.2, 0.25) is 10.0 Å². The van der Waals surface area contributed by atoms with Gasteiger partial charge in [0.2, 0.25) is 0 Å². The zero-order valence-electron chi connectivity index (χ0n) is 41.8. The lowest BCUT2D eigenvalue weighted by Gasteiger charge is -2.38. The molecule has 70 heavy (non-hydrogen) atoms. The first-order valence-corrected chi connectivity index (χ1v) is 26.3. The number of hydrogen-bond donors (Lipinski definition) is 3. The van der Waals surface area contributed by atoms with Crippen LogP contribution in [0.5, 0.6) is 0 Å². The summed E-state index contributed by atoms with van der Waals surface area (Å²) in [5.74, 6) is 2.58. The zero-order chi connectivity index (χ0) is 49.4. The number of aliphatic hydroxyl groups is 2. The Kier molecular flexibility index (Phi) is 15.0. The average molecular weight is 978 g/mol. The van der Waals surface area contributed by atoms with Crippen LogP contribution in [0.25, 0.3) is 22.0 Å². The smallest absolute Gasteiger partial charge is 0.251 e. The standard InChI is InChI=1S/C33H45ClO2.C28H25ClN4O/c1-20-4-15-30-27(16-20)13-14-28-19-29(34)17-21(2)32(28)33(30)26-11-9-25(10-12-26)31(36)18-23-5-7-24(8-6-23)22(3)35;1-18-7-9-20(10-8-18)28(30,26-16-31-17-32(26)2)21-11-12-25-24(14-21)23(15-27(34)33(25)3)19-5-4-6-22(29)13-19/h4,15-17,19,22-26,31,33,35-36H,5-14,18H2,1-3H3;4-17H,30H2,1-3H3/t;28-/m.1/s1. The van der Waals surface area contributed by atoms with Gasteiger partial charge in [0.15, 0.2) is 0 Å². The highest BCUT2D eigenvalue weighted by Gasteiger charge is 2.38. The van der Waals surface area contributed by atoms with Crippen molar-refractivity contribution >= 4 is 34.1 Å². The van der Waals surface area contributed by atoms with Gasteiger partial charge in [-0.1, -0.05) is 95.0 Å². The molecule has 0 aliphatic heterocycles. The molecular weight excluding hydrogens is 908 g/mol. The summed E-state index contributed by atoms with van der Waals surface area (Å²) >= 11 is 12.8. The first-order chi connectivity index (χ1) is 33.6. The maximum Gasteiger partial charge on any atom is 0.251 e. The number of halogens is 2. The van der Waals surface area contributed by atoms with E-state index in [9.17, 15) is 15.0 Å². The highest BCUT2D eigenvalue weighted by molar-refractivity contribution is 6.31. The maximum absolute atomic E-state index is 12.8. The van der Waals surface area contributed by atoms with E-state index >= 15 is 0 Å². The molecule has 4 atom stereocenters. The number of aliphatic hydroxyl groups excluding tert-OH is 2. The first-order valence-electron chi connectivity index (χ1n) is 25.6. The number of aromatic nitrogens is 3. The van der Waals surface area contributed by atoms with Crippen molar-refractivity contribution in [3.8, 4) is 11.1 Å². The predicted octanol–water partition coefficient (Wildman–Crippen LogP) is 13.1. The van der Waals surface area contributed by atoms with Crippen molar-refractivity contribution in [2.45, 2.75) is 122 Å². The summed E-state index contributed by atoms with van der Waals surface area (Å²) in [7, 11) is 3.73. The molecule has 5 aromatic carbocycles. The van der Waals surface area contributed by atoms with E-state index in [2.05, 4.69) is 86.4 Å². The second-order valence-corrected chi connectivity index (χ2v) is 22.1. The summed E-state index contributed by atoms with van der Waals surface area (Å²) in [6.45, 7) is 8.44. The quantitative estimate of drug-likeness (QED) is 0.134. The fourth-order valence-corrected chi connectivity index (χ4v) is 13.1. The van der Waals surface area contributed by atoms with Gasteiger partial charge in [-0.05, 0) is 208 Å². The van der Waals surface area contributed by atoms with Crippen LogP contribution in [0.15, 0.2) is 120 Å². The van der Waals surface area contributed by atoms with Crippen LogP contribution >= 0.6 is 23.2 Å². The van der Waals surface area contributed by atoms with E-state index in [0.29, 0.717) is 34.6 Å². The molecule has 0 saturated heterocycles. The fourth-order valence-electron chi connectivity index (χ4n) is 12.6. The van der Waals surface area contributed by atoms with Gasteiger partial charge in [0.1, 0.15) is 5.54 Å². The number of nitrogens with two attached hydrogens (primary N) is 1. The van der Waals surface area contributed by atoms with Crippen molar-refractivity contribution < 1.29 is 10.2 Å². The molecule has 0 amide bonds. The van der Waals surface area contributed by atoms with Gasteiger partial charge in [0, 0.05) is 41.5 Å². The largest absolute Gasteiger partial charge is 0.393 e. The van der Waals surface area contributed by atoms with E-state index < -0.39 is 5.54 Å². The van der Waals surface area contributed by atoms with E-state index in [1.165, 1.54) is 59.1 Å². The maximum atomic E-state index is 12.8. The summed E-state index contributed by atoms with van der Waals surface area (Å²) in [4.78, 5) is 17.1. The number of hydrogen-bond acceptors (Lipinski definition) is 5. The van der Waals surface area contributed by atoms with Crippen molar-refractivity contribution in [2.24, 2.45) is 43.5 Å². The minimum absolute atomic E-state index is 0.0839. The number of nitrogens with zero attached hydrogens (tertiary/aromatic N) is 3. The van der Waals surface area contributed by atoms with Crippen LogP contribution in [-0.4, -0.2) is 36.5 Å². The molecule has 3 aliphatic rings. The lowest BCUT2D eigenvalue weighted by Crippen LogP contribution is -2.41. The molecular formula is C61H70Cl2N4O3. The molecule has 2 saturated carbocycles. The summed E-state index contributed by atoms with van der Waals surface area (Å²) < 4.78 is 3.60. The van der Waals surface area contributed by atoms with Crippen molar-refractivity contribution in [3.05, 3.63) is 192 Å². The van der Waals surface area contributed by atoms with Crippen LogP contribution in [-0.2, 0) is 32.5 Å². The molecule has 0 spiro atoms. The van der Waals surface area contributed by atoms with Gasteiger partial charge in [0.25, 0.3) is 5.56 Å². The second-order valence-electron chi connectivity index (χ2n) is 21.2. The molecule has 9 heteroatoms. The summed E-state index contributed by atoms with van der Waals surface area (Å²) in [6, 6.07) is 35.0. The minimum atomic E-state index is -0.951. The van der Waals surface area contributed by atoms with Gasteiger partial charge < -0.3 is 25.1 Å². The minimum Gasteiger partial charge on any atom is -0.393 e. The van der Waals surface area contributed by atoms with Crippen LogP contribution in [0.4, 0.5) is 0 Å². The van der Waals surface area contributed by atoms with E-state index in [0.717, 1.165) is 94.4 Å². The predicted molar refractivity (Wildman–Crippen MR) is 288 cm³/mol. The number of imidazole rings is 1. The molecule has 366 valence electrons. The Labute approximate surface area is 424 Å². The lowest BCUT2D eigenvalue weighted by molar-refractivity contribution is 0.0341. The van der Waals surface area contributed by atoms with Crippen LogP contribution in [0, 0.1) is 44.4 Å². The average Bonchev–Trinajstić information content (AvgIpc) is 3.72. The molecule has 10 rings (SSSR count). The fraction of sp³-hybridized carbons (Fsp3) is 0.410. The third-order valence-corrected chi connectivity index (χ3v) is 17.0. The SMILES string of the molecule is Cc1ccc([C@@](N)(c2ccc3c(c2)c(-c2cccc(Cl)c2)cc(=O)n3C)c2cncn2C)cc1.Cc1ccc2c(c1)CCc1cc(Cl)cc(C)c1C2C1CCC(C(O)CC2CCC(C(C)O)CC2)CC1. The van der Waals surface area contributed by atoms with Crippen molar-refractivity contribution in [1.82, 2.24) is 14.1 Å². The first kappa shape index (κ1) is 49.9. The van der Waals surface area contributed by atoms with E-state index in [-0.39, 0.29) is 17.8 Å². The van der Waals surface area contributed by atoms with E-state index in [1.807, 2.05) is 61.1 Å². The van der Waals surface area contributed by atoms with Gasteiger partial charge in [-0.3, -0.25) is 4.79 Å². The van der Waals surface area contributed by atoms with Gasteiger partial charge in [-0.25, -0.2) is 4.98 Å². The summed E-state index contributed by atoms with van der Waals surface area (Å²) in [5.41, 5.74) is 21.3. The Morgan fingerprint density at radius 3 is 2.11 bits per heavy atom. The lowest BCUT2D eigenvalue weighted by atomic mass is 9.67. The van der Waals surface area contributed by atoms with E-state index in [1.54, 1.807) is 24.0 Å². The Morgan fingerprint density at radius 1 is 0.743 bits per heavy atom. The molecule has 4 N–H and O–H groups in total. The number of pyridine rings is 1. The van der Waals surface area contributed by atoms with Crippen LogP contribution < -0.4 is 11.3 Å². The summed E-state index contributed by atoms with van der Waals surface area (Å²) in [6.07, 6.45) is 15.5. The Hall–Kier alpha value is -5.02. The topological polar surface area (TPSA) is 106 Å². The summed E-state index contributed by atoms with van der Waals surface area (Å²) in [5, 5.41) is 23.5. The second kappa shape index (κ2) is 21.0. The van der Waals surface area contributed by atoms with Gasteiger partial charge in [0.05, 0.1) is 35.9 Å². The number of benzene rings is 5. The normalized spacial score (nSPS) is 21.9. The molecule has 2 aromatic heterocycles. The molecule has 2 heterocycles. The van der Waals surface area contributed by atoms with Crippen molar-refractivity contribution in [1.29, 1.82) is 0 Å². The molecule has 3 aliphatic carbocycles. The molecule has 3 unspecified atom stereocenters. The molecule has 2 fully saturated rings. The van der Waals surface area contributed by atoms with Crippen LogP contribution in [0.1, 0.15) is 126 Å². The Morgan fingerprint density at radius 2 is 1.43 bits per heavy atom. The van der Waals surface area contributed by atoms with Gasteiger partial charge in [-0.2, -0.15) is 0 Å². The Bertz CT molecular complexity index is 3030. The van der Waals surface area contributed by atoms with Gasteiger partial charge in [-0.15, -0.1) is 0 Å². The van der Waals surface area contributed by atoms with E-state index in [4.69, 9.17) is 28.9 Å². The van der Waals surface area contributed by atoms with Crippen LogP contribution in [0.3, 0.4) is 0 Å². The molecule has 0 radical (unpaired) electrons. The third-order valence-electron chi connectivity index (χ3n) is 16.6. The number of aryl methyl sites for hydroxylation is 7. The van der Waals surface area contributed by atoms with Crippen molar-refractivity contribution in [3.63, 3.8) is 0 Å². The monoisotopic (exact) mass is 976 g/mol. The van der Waals surface area contributed by atoms with Gasteiger partial charge >= 0.3 is 0 Å². The molecule has 7 aromatic rings. The highest BCUT2D eigenvalue weighted by atomic mass is 35.5. The molecule has 7 nitrogen and oxygen atoms in total. The number of fused-ring (bicyclic) bond motifs is 3. The molecule has 0 bridgehead atoms. The van der Waals surface area contributed by atoms with Crippen molar-refractivity contribution in [2.75, 3.05) is 0 Å². The third kappa shape index (κ3) is 10.2.